The van der Waals surface area contributed by atoms with E-state index in [2.05, 4.69) is 29.2 Å². The number of carbonyl (C=O) groups excluding carboxylic acids is 1. The Balaban J connectivity index is 1.73. The van der Waals surface area contributed by atoms with Gasteiger partial charge in [0, 0.05) is 24.7 Å². The molecule has 0 saturated heterocycles. The number of hydrogen-bond acceptors (Lipinski definition) is 3. The van der Waals surface area contributed by atoms with Crippen LogP contribution in [0.2, 0.25) is 0 Å². The molecule has 2 aliphatic rings. The van der Waals surface area contributed by atoms with Crippen molar-refractivity contribution in [3.05, 3.63) is 47.5 Å². The van der Waals surface area contributed by atoms with Crippen molar-refractivity contribution < 1.29 is 9.53 Å². The summed E-state index contributed by atoms with van der Waals surface area (Å²) in [5, 5.41) is 0. The van der Waals surface area contributed by atoms with E-state index < -0.39 is 0 Å². The molecule has 1 aliphatic carbocycles. The van der Waals surface area contributed by atoms with E-state index in [1.165, 1.54) is 25.5 Å². The van der Waals surface area contributed by atoms with Crippen LogP contribution in [0.25, 0.3) is 0 Å². The van der Waals surface area contributed by atoms with Crippen LogP contribution in [0.5, 0.6) is 0 Å². The third-order valence-corrected chi connectivity index (χ3v) is 4.31. The molecule has 1 fully saturated rings. The van der Waals surface area contributed by atoms with Gasteiger partial charge in [0.1, 0.15) is 0 Å². The minimum absolute atomic E-state index is 0.157. The summed E-state index contributed by atoms with van der Waals surface area (Å²) in [7, 11) is 1.46. The van der Waals surface area contributed by atoms with Crippen molar-refractivity contribution in [2.24, 2.45) is 5.92 Å². The largest absolute Gasteiger partial charge is 0.466 e. The lowest BCUT2D eigenvalue weighted by molar-refractivity contribution is -0.136. The molecule has 20 heavy (non-hydrogen) atoms. The van der Waals surface area contributed by atoms with Gasteiger partial charge in [0.05, 0.1) is 7.11 Å². The summed E-state index contributed by atoms with van der Waals surface area (Å²) in [4.78, 5) is 14.2. The molecule has 0 N–H and O–H groups in total. The van der Waals surface area contributed by atoms with Crippen molar-refractivity contribution in [2.45, 2.75) is 31.8 Å². The molecule has 1 heterocycles. The maximum absolute atomic E-state index is 11.7. The van der Waals surface area contributed by atoms with Gasteiger partial charge in [0.25, 0.3) is 0 Å². The van der Waals surface area contributed by atoms with Gasteiger partial charge in [-0.3, -0.25) is 4.90 Å². The fourth-order valence-electron chi connectivity index (χ4n) is 3.04. The number of hydrogen-bond donors (Lipinski definition) is 0. The first-order valence-corrected chi connectivity index (χ1v) is 7.33. The van der Waals surface area contributed by atoms with Gasteiger partial charge in [0.2, 0.25) is 0 Å². The lowest BCUT2D eigenvalue weighted by Gasteiger charge is -2.35. The standard InChI is InChI=1S/C17H21NO2/c1-20-17(19)15-9-10-18(16(11-15)14-7-8-14)12-13-5-3-2-4-6-13/h2-6,9,14,16H,7-8,10-12H2,1H3. The Morgan fingerprint density at radius 1 is 1.30 bits per heavy atom. The maximum atomic E-state index is 11.7. The number of nitrogens with zero attached hydrogens (tertiary/aromatic N) is 1. The molecule has 0 spiro atoms. The van der Waals surface area contributed by atoms with E-state index in [0.717, 1.165) is 31.0 Å². The highest BCUT2D eigenvalue weighted by Crippen LogP contribution is 2.40. The van der Waals surface area contributed by atoms with Crippen LogP contribution >= 0.6 is 0 Å². The number of esters is 1. The van der Waals surface area contributed by atoms with Crippen LogP contribution in [0.15, 0.2) is 42.0 Å². The highest BCUT2D eigenvalue weighted by atomic mass is 16.5. The SMILES string of the molecule is COC(=O)C1=CCN(Cc2ccccc2)C(C2CC2)C1. The Kier molecular flexibility index (Phi) is 3.88. The van der Waals surface area contributed by atoms with Crippen LogP contribution in [-0.4, -0.2) is 30.6 Å². The van der Waals surface area contributed by atoms with E-state index >= 15 is 0 Å². The summed E-state index contributed by atoms with van der Waals surface area (Å²) in [6, 6.07) is 11.1. The van der Waals surface area contributed by atoms with Crippen LogP contribution in [-0.2, 0) is 16.1 Å². The van der Waals surface area contributed by atoms with Gasteiger partial charge in [-0.05, 0) is 30.7 Å². The quantitative estimate of drug-likeness (QED) is 0.789. The fraction of sp³-hybridized carbons (Fsp3) is 0.471. The predicted molar refractivity (Wildman–Crippen MR) is 78.1 cm³/mol. The number of rotatable bonds is 4. The lowest BCUT2D eigenvalue weighted by Crippen LogP contribution is -2.40. The molecule has 0 amide bonds. The molecule has 1 saturated carbocycles. The summed E-state index contributed by atoms with van der Waals surface area (Å²) in [6.07, 6.45) is 5.46. The van der Waals surface area contributed by atoms with Crippen LogP contribution in [0.3, 0.4) is 0 Å². The van der Waals surface area contributed by atoms with Crippen molar-refractivity contribution in [1.82, 2.24) is 4.90 Å². The van der Waals surface area contributed by atoms with E-state index in [1.54, 1.807) is 0 Å². The van der Waals surface area contributed by atoms with E-state index in [-0.39, 0.29) is 5.97 Å². The number of ether oxygens (including phenoxy) is 1. The number of benzene rings is 1. The van der Waals surface area contributed by atoms with Crippen LogP contribution < -0.4 is 0 Å². The van der Waals surface area contributed by atoms with E-state index in [9.17, 15) is 4.79 Å². The second-order valence-corrected chi connectivity index (χ2v) is 5.74. The van der Waals surface area contributed by atoms with Gasteiger partial charge < -0.3 is 4.74 Å². The zero-order valence-corrected chi connectivity index (χ0v) is 11.9. The first-order valence-electron chi connectivity index (χ1n) is 7.33. The molecule has 1 atom stereocenters. The van der Waals surface area contributed by atoms with E-state index in [4.69, 9.17) is 4.74 Å². The van der Waals surface area contributed by atoms with Crippen molar-refractivity contribution in [3.8, 4) is 0 Å². The molecule has 1 aliphatic heterocycles. The van der Waals surface area contributed by atoms with Crippen molar-refractivity contribution in [2.75, 3.05) is 13.7 Å². The Hall–Kier alpha value is -1.61. The summed E-state index contributed by atoms with van der Waals surface area (Å²) in [5.74, 6) is 0.599. The normalized spacial score (nSPS) is 23.2. The summed E-state index contributed by atoms with van der Waals surface area (Å²) < 4.78 is 4.87. The molecule has 3 heteroatoms. The average Bonchev–Trinajstić information content (AvgIpc) is 3.32. The van der Waals surface area contributed by atoms with Gasteiger partial charge in [-0.2, -0.15) is 0 Å². The molecule has 1 aromatic rings. The third kappa shape index (κ3) is 2.93. The highest BCUT2D eigenvalue weighted by molar-refractivity contribution is 5.88. The van der Waals surface area contributed by atoms with Crippen molar-refractivity contribution in [3.63, 3.8) is 0 Å². The zero-order valence-electron chi connectivity index (χ0n) is 11.9. The number of methoxy groups -OCH3 is 1. The molecular formula is C17H21NO2. The van der Waals surface area contributed by atoms with E-state index in [0.29, 0.717) is 6.04 Å². The van der Waals surface area contributed by atoms with Crippen molar-refractivity contribution >= 4 is 5.97 Å². The minimum atomic E-state index is -0.157. The molecule has 1 unspecified atom stereocenters. The molecule has 1 aromatic carbocycles. The molecule has 0 aromatic heterocycles. The van der Waals surface area contributed by atoms with Gasteiger partial charge in [-0.25, -0.2) is 4.79 Å². The Labute approximate surface area is 120 Å². The molecular weight excluding hydrogens is 250 g/mol. The second-order valence-electron chi connectivity index (χ2n) is 5.74. The average molecular weight is 271 g/mol. The lowest BCUT2D eigenvalue weighted by atomic mass is 9.95. The molecule has 0 bridgehead atoms. The van der Waals surface area contributed by atoms with Crippen LogP contribution in [0.1, 0.15) is 24.8 Å². The van der Waals surface area contributed by atoms with Crippen molar-refractivity contribution in [1.29, 1.82) is 0 Å². The summed E-state index contributed by atoms with van der Waals surface area (Å²) in [5.41, 5.74) is 2.20. The Morgan fingerprint density at radius 2 is 2.05 bits per heavy atom. The molecule has 106 valence electrons. The first kappa shape index (κ1) is 13.4. The summed E-state index contributed by atoms with van der Waals surface area (Å²) >= 11 is 0. The Bertz CT molecular complexity index is 505. The molecule has 3 rings (SSSR count). The zero-order chi connectivity index (χ0) is 13.9. The molecule has 0 radical (unpaired) electrons. The predicted octanol–water partition coefficient (Wildman–Crippen LogP) is 2.77. The molecule has 3 nitrogen and oxygen atoms in total. The second kappa shape index (κ2) is 5.80. The minimum Gasteiger partial charge on any atom is -0.466 e. The third-order valence-electron chi connectivity index (χ3n) is 4.31. The van der Waals surface area contributed by atoms with Crippen LogP contribution in [0.4, 0.5) is 0 Å². The van der Waals surface area contributed by atoms with Gasteiger partial charge in [-0.15, -0.1) is 0 Å². The first-order chi connectivity index (χ1) is 9.78. The van der Waals surface area contributed by atoms with Gasteiger partial charge >= 0.3 is 5.97 Å². The smallest absolute Gasteiger partial charge is 0.333 e. The monoisotopic (exact) mass is 271 g/mol. The topological polar surface area (TPSA) is 29.5 Å². The van der Waals surface area contributed by atoms with E-state index in [1.807, 2.05) is 12.1 Å². The summed E-state index contributed by atoms with van der Waals surface area (Å²) in [6.45, 7) is 1.81. The van der Waals surface area contributed by atoms with Gasteiger partial charge in [0.15, 0.2) is 0 Å². The Morgan fingerprint density at radius 3 is 2.70 bits per heavy atom. The number of carbonyl (C=O) groups is 1. The highest BCUT2D eigenvalue weighted by Gasteiger charge is 2.38. The maximum Gasteiger partial charge on any atom is 0.333 e. The van der Waals surface area contributed by atoms with Crippen LogP contribution in [0, 0.1) is 5.92 Å². The fourth-order valence-corrected chi connectivity index (χ4v) is 3.04. The van der Waals surface area contributed by atoms with Gasteiger partial charge in [-0.1, -0.05) is 36.4 Å².